The van der Waals surface area contributed by atoms with Crippen molar-refractivity contribution >= 4 is 11.8 Å². The van der Waals surface area contributed by atoms with Gasteiger partial charge in [0.05, 0.1) is 0 Å². The van der Waals surface area contributed by atoms with Gasteiger partial charge in [0.25, 0.3) is 5.91 Å². The largest absolute Gasteiger partial charge is 0.385 e. The maximum Gasteiger partial charge on any atom is 0.253 e. The van der Waals surface area contributed by atoms with Crippen molar-refractivity contribution in [3.63, 3.8) is 0 Å². The van der Waals surface area contributed by atoms with Gasteiger partial charge >= 0.3 is 0 Å². The molecule has 2 amide bonds. The number of hydrogen-bond acceptors (Lipinski definition) is 3. The molecule has 2 fully saturated rings. The minimum atomic E-state index is 0.139. The summed E-state index contributed by atoms with van der Waals surface area (Å²) in [7, 11) is 1.70. The number of carbonyl (C=O) groups is 2. The summed E-state index contributed by atoms with van der Waals surface area (Å²) in [5.41, 5.74) is 2.25. The highest BCUT2D eigenvalue weighted by atomic mass is 16.5. The number of hydrogen-bond donors (Lipinski definition) is 0. The Bertz CT molecular complexity index is 691. The Kier molecular flexibility index (Phi) is 7.33. The summed E-state index contributed by atoms with van der Waals surface area (Å²) in [5, 5.41) is 0. The maximum atomic E-state index is 12.9. The average Bonchev–Trinajstić information content (AvgIpc) is 2.71. The molecule has 0 saturated carbocycles. The number of nitrogens with zero attached hydrogens (tertiary/aromatic N) is 2. The minimum Gasteiger partial charge on any atom is -0.385 e. The van der Waals surface area contributed by atoms with Gasteiger partial charge in [-0.25, -0.2) is 0 Å². The lowest BCUT2D eigenvalue weighted by Gasteiger charge is -2.47. The van der Waals surface area contributed by atoms with Crippen molar-refractivity contribution in [1.29, 1.82) is 0 Å². The first-order valence-electron chi connectivity index (χ1n) is 11.1. The van der Waals surface area contributed by atoms with Crippen LogP contribution in [-0.2, 0) is 16.0 Å². The van der Waals surface area contributed by atoms with Crippen LogP contribution in [0.3, 0.4) is 0 Å². The van der Waals surface area contributed by atoms with E-state index in [1.807, 2.05) is 21.9 Å². The van der Waals surface area contributed by atoms with Crippen LogP contribution in [0, 0.1) is 11.3 Å². The van der Waals surface area contributed by atoms with E-state index in [4.69, 9.17) is 4.74 Å². The molecule has 5 nitrogen and oxygen atoms in total. The third-order valence-corrected chi connectivity index (χ3v) is 6.48. The van der Waals surface area contributed by atoms with Crippen molar-refractivity contribution in [2.24, 2.45) is 11.3 Å². The maximum absolute atomic E-state index is 12.9. The molecule has 0 aromatic heterocycles. The van der Waals surface area contributed by atoms with E-state index in [1.54, 1.807) is 7.11 Å². The summed E-state index contributed by atoms with van der Waals surface area (Å²) < 4.78 is 5.13. The van der Waals surface area contributed by atoms with E-state index in [0.717, 1.165) is 63.8 Å². The van der Waals surface area contributed by atoms with E-state index < -0.39 is 0 Å². The van der Waals surface area contributed by atoms with Crippen molar-refractivity contribution in [2.45, 2.75) is 52.4 Å². The summed E-state index contributed by atoms with van der Waals surface area (Å²) in [6.45, 7) is 8.29. The number of amides is 2. The summed E-state index contributed by atoms with van der Waals surface area (Å²) in [5.74, 6) is 1.03. The number of benzene rings is 1. The van der Waals surface area contributed by atoms with Crippen molar-refractivity contribution in [3.8, 4) is 0 Å². The lowest BCUT2D eigenvalue weighted by molar-refractivity contribution is -0.139. The molecule has 0 radical (unpaired) electrons. The Hall–Kier alpha value is -1.88. The van der Waals surface area contributed by atoms with Crippen molar-refractivity contribution in [2.75, 3.05) is 39.9 Å². The van der Waals surface area contributed by atoms with Crippen molar-refractivity contribution < 1.29 is 14.3 Å². The molecule has 0 aliphatic carbocycles. The van der Waals surface area contributed by atoms with E-state index in [-0.39, 0.29) is 17.2 Å². The van der Waals surface area contributed by atoms with Gasteiger partial charge in [-0.3, -0.25) is 9.59 Å². The lowest BCUT2D eigenvalue weighted by Crippen LogP contribution is -2.52. The molecule has 0 N–H and O–H groups in total. The lowest BCUT2D eigenvalue weighted by atomic mass is 9.72. The van der Waals surface area contributed by atoms with Gasteiger partial charge in [-0.05, 0) is 61.1 Å². The molecule has 160 valence electrons. The summed E-state index contributed by atoms with van der Waals surface area (Å²) in [4.78, 5) is 29.2. The number of carbonyl (C=O) groups excluding carboxylic acids is 2. The highest BCUT2D eigenvalue weighted by molar-refractivity contribution is 5.94. The third kappa shape index (κ3) is 5.59. The first-order chi connectivity index (χ1) is 13.9. The van der Waals surface area contributed by atoms with Crippen LogP contribution in [0.25, 0.3) is 0 Å². The van der Waals surface area contributed by atoms with Crippen LogP contribution in [0.4, 0.5) is 0 Å². The van der Waals surface area contributed by atoms with Gasteiger partial charge in [-0.1, -0.05) is 26.0 Å². The van der Waals surface area contributed by atoms with Gasteiger partial charge < -0.3 is 14.5 Å². The Morgan fingerprint density at radius 1 is 1.14 bits per heavy atom. The smallest absolute Gasteiger partial charge is 0.253 e. The van der Waals surface area contributed by atoms with Crippen molar-refractivity contribution in [1.82, 2.24) is 9.80 Å². The zero-order valence-electron chi connectivity index (χ0n) is 18.3. The van der Waals surface area contributed by atoms with Gasteiger partial charge in [0, 0.05) is 51.9 Å². The molecule has 29 heavy (non-hydrogen) atoms. The van der Waals surface area contributed by atoms with E-state index in [0.29, 0.717) is 18.9 Å². The Balaban J connectivity index is 1.55. The molecule has 2 heterocycles. The van der Waals surface area contributed by atoms with Crippen LogP contribution in [0.15, 0.2) is 24.3 Å². The summed E-state index contributed by atoms with van der Waals surface area (Å²) in [6, 6.07) is 8.12. The second-order valence-electron chi connectivity index (χ2n) is 9.25. The SMILES string of the molecule is COCCCN1CC2(CCC1=O)CCN(C(=O)c1ccc(CC(C)C)cc1)CC2. The predicted octanol–water partition coefficient (Wildman–Crippen LogP) is 3.77. The van der Waals surface area contributed by atoms with Gasteiger partial charge in [-0.2, -0.15) is 0 Å². The molecule has 1 aromatic rings. The average molecular weight is 401 g/mol. The fraction of sp³-hybridized carbons (Fsp3) is 0.667. The summed E-state index contributed by atoms with van der Waals surface area (Å²) >= 11 is 0. The molecule has 0 unspecified atom stereocenters. The van der Waals surface area contributed by atoms with Crippen LogP contribution < -0.4 is 0 Å². The molecular weight excluding hydrogens is 364 g/mol. The second-order valence-corrected chi connectivity index (χ2v) is 9.25. The summed E-state index contributed by atoms with van der Waals surface area (Å²) in [6.07, 6.45) is 5.49. The number of piperidine rings is 2. The Morgan fingerprint density at radius 3 is 2.45 bits per heavy atom. The molecule has 2 saturated heterocycles. The minimum absolute atomic E-state index is 0.139. The highest BCUT2D eigenvalue weighted by Gasteiger charge is 2.41. The third-order valence-electron chi connectivity index (χ3n) is 6.48. The molecule has 1 aromatic carbocycles. The standard InChI is InChI=1S/C24H36N2O3/c1-19(2)17-20-5-7-21(8-6-20)23(28)25-14-11-24(12-15-25)10-9-22(27)26(18-24)13-4-16-29-3/h5-8,19H,4,9-18H2,1-3H3. The first kappa shape index (κ1) is 21.8. The fourth-order valence-electron chi connectivity index (χ4n) is 4.74. The van der Waals surface area contributed by atoms with Crippen LogP contribution in [-0.4, -0.2) is 61.5 Å². The van der Waals surface area contributed by atoms with Crippen LogP contribution in [0.2, 0.25) is 0 Å². The van der Waals surface area contributed by atoms with E-state index >= 15 is 0 Å². The molecular formula is C24H36N2O3. The molecule has 0 atom stereocenters. The first-order valence-corrected chi connectivity index (χ1v) is 11.1. The Labute approximate surface area is 175 Å². The number of ether oxygens (including phenoxy) is 1. The normalized spacial score (nSPS) is 19.2. The van der Waals surface area contributed by atoms with Gasteiger partial charge in [0.1, 0.15) is 0 Å². The van der Waals surface area contributed by atoms with Gasteiger partial charge in [0.15, 0.2) is 0 Å². The molecule has 2 aliphatic rings. The number of methoxy groups -OCH3 is 1. The highest BCUT2D eigenvalue weighted by Crippen LogP contribution is 2.40. The van der Waals surface area contributed by atoms with Crippen LogP contribution in [0.5, 0.6) is 0 Å². The fourth-order valence-corrected chi connectivity index (χ4v) is 4.74. The van der Waals surface area contributed by atoms with Gasteiger partial charge in [-0.15, -0.1) is 0 Å². The van der Waals surface area contributed by atoms with E-state index in [2.05, 4.69) is 26.0 Å². The van der Waals surface area contributed by atoms with E-state index in [1.165, 1.54) is 5.56 Å². The van der Waals surface area contributed by atoms with Gasteiger partial charge in [0.2, 0.25) is 5.91 Å². The number of rotatable bonds is 7. The molecule has 5 heteroatoms. The zero-order valence-corrected chi connectivity index (χ0v) is 18.3. The van der Waals surface area contributed by atoms with Crippen LogP contribution >= 0.6 is 0 Å². The zero-order chi connectivity index (χ0) is 20.9. The van der Waals surface area contributed by atoms with Crippen molar-refractivity contribution in [3.05, 3.63) is 35.4 Å². The molecule has 2 aliphatic heterocycles. The topological polar surface area (TPSA) is 49.9 Å². The molecule has 0 bridgehead atoms. The Morgan fingerprint density at radius 2 is 1.83 bits per heavy atom. The molecule has 3 rings (SSSR count). The second kappa shape index (κ2) is 9.75. The molecule has 1 spiro atoms. The number of likely N-dealkylation sites (tertiary alicyclic amines) is 2. The monoisotopic (exact) mass is 400 g/mol. The predicted molar refractivity (Wildman–Crippen MR) is 115 cm³/mol. The van der Waals surface area contributed by atoms with E-state index in [9.17, 15) is 9.59 Å². The quantitative estimate of drug-likeness (QED) is 0.655. The van der Waals surface area contributed by atoms with Crippen LogP contribution in [0.1, 0.15) is 61.9 Å².